The van der Waals surface area contributed by atoms with Crippen molar-refractivity contribution in [3.05, 3.63) is 63.9 Å². The Morgan fingerprint density at radius 3 is 2.47 bits per heavy atom. The maximum absolute atomic E-state index is 11.4. The number of rotatable bonds is 3. The van der Waals surface area contributed by atoms with Gasteiger partial charge in [-0.25, -0.2) is 4.79 Å². The molecular weight excluding hydrogens is 285 g/mol. The number of hydrogen-bond acceptors (Lipinski definition) is 2. The van der Waals surface area contributed by atoms with E-state index < -0.39 is 5.97 Å². The molecule has 1 aromatic heterocycles. The Kier molecular flexibility index (Phi) is 4.20. The molecule has 1 aromatic carbocycles. The number of nitrogens with zero attached hydrogens (tertiary/aromatic N) is 1. The number of carboxylic acid groups (broad SMARTS) is 1. The van der Waals surface area contributed by atoms with E-state index in [-0.39, 0.29) is 5.57 Å². The number of halogens is 2. The van der Waals surface area contributed by atoms with Crippen LogP contribution in [0.3, 0.4) is 0 Å². The summed E-state index contributed by atoms with van der Waals surface area (Å²) in [5.74, 6) is -1.07. The summed E-state index contributed by atoms with van der Waals surface area (Å²) < 4.78 is 0. The van der Waals surface area contributed by atoms with E-state index in [1.807, 2.05) is 0 Å². The molecule has 96 valence electrons. The molecule has 19 heavy (non-hydrogen) atoms. The third-order valence-electron chi connectivity index (χ3n) is 2.47. The average molecular weight is 294 g/mol. The van der Waals surface area contributed by atoms with Crippen LogP contribution >= 0.6 is 23.2 Å². The molecule has 0 atom stereocenters. The fraction of sp³-hybridized carbons (Fsp3) is 0. The first kappa shape index (κ1) is 13.6. The van der Waals surface area contributed by atoms with Gasteiger partial charge in [0.2, 0.25) is 0 Å². The van der Waals surface area contributed by atoms with Crippen molar-refractivity contribution in [2.24, 2.45) is 0 Å². The molecule has 0 saturated heterocycles. The van der Waals surface area contributed by atoms with Crippen LogP contribution in [0.1, 0.15) is 11.1 Å². The fourth-order valence-corrected chi connectivity index (χ4v) is 1.98. The van der Waals surface area contributed by atoms with Crippen molar-refractivity contribution in [3.63, 3.8) is 0 Å². The average Bonchev–Trinajstić information content (AvgIpc) is 2.40. The summed E-state index contributed by atoms with van der Waals surface area (Å²) in [5.41, 5.74) is 1.20. The number of carbonyl (C=O) groups is 1. The highest BCUT2D eigenvalue weighted by Crippen LogP contribution is 2.28. The third kappa shape index (κ3) is 3.34. The normalized spacial score (nSPS) is 11.4. The van der Waals surface area contributed by atoms with Crippen LogP contribution in [0.5, 0.6) is 0 Å². The SMILES string of the molecule is O=C(O)/C(=C\c1ccncc1)c1cc(Cl)ccc1Cl. The van der Waals surface area contributed by atoms with Crippen LogP contribution in [0, 0.1) is 0 Å². The van der Waals surface area contributed by atoms with Crippen molar-refractivity contribution in [3.8, 4) is 0 Å². The first-order valence-electron chi connectivity index (χ1n) is 5.38. The molecule has 0 aliphatic heterocycles. The Labute approximate surface area is 120 Å². The lowest BCUT2D eigenvalue weighted by Crippen LogP contribution is -2.00. The second-order valence-corrected chi connectivity index (χ2v) is 4.61. The third-order valence-corrected chi connectivity index (χ3v) is 3.03. The topological polar surface area (TPSA) is 50.2 Å². The lowest BCUT2D eigenvalue weighted by atomic mass is 10.0. The van der Waals surface area contributed by atoms with Crippen LogP contribution in [-0.4, -0.2) is 16.1 Å². The van der Waals surface area contributed by atoms with Gasteiger partial charge in [-0.05, 0) is 42.0 Å². The quantitative estimate of drug-likeness (QED) is 0.870. The minimum atomic E-state index is -1.07. The van der Waals surface area contributed by atoms with Crippen molar-refractivity contribution >= 4 is 40.8 Å². The lowest BCUT2D eigenvalue weighted by Gasteiger charge is -2.06. The van der Waals surface area contributed by atoms with Gasteiger partial charge in [-0.3, -0.25) is 4.98 Å². The van der Waals surface area contributed by atoms with Gasteiger partial charge in [-0.2, -0.15) is 0 Å². The predicted octanol–water partition coefficient (Wildman–Crippen LogP) is 4.01. The van der Waals surface area contributed by atoms with Crippen LogP contribution in [0.4, 0.5) is 0 Å². The van der Waals surface area contributed by atoms with Gasteiger partial charge in [-0.1, -0.05) is 23.2 Å². The van der Waals surface area contributed by atoms with Crippen molar-refractivity contribution in [1.29, 1.82) is 0 Å². The van der Waals surface area contributed by atoms with E-state index in [0.29, 0.717) is 15.6 Å². The maximum atomic E-state index is 11.4. The number of carboxylic acids is 1. The van der Waals surface area contributed by atoms with Gasteiger partial charge in [0, 0.05) is 28.0 Å². The smallest absolute Gasteiger partial charge is 0.336 e. The van der Waals surface area contributed by atoms with Crippen LogP contribution in [0.25, 0.3) is 11.6 Å². The van der Waals surface area contributed by atoms with Gasteiger partial charge in [0.05, 0.1) is 5.57 Å². The molecule has 0 spiro atoms. The van der Waals surface area contributed by atoms with Gasteiger partial charge in [0.1, 0.15) is 0 Å². The van der Waals surface area contributed by atoms with Crippen molar-refractivity contribution < 1.29 is 9.90 Å². The molecule has 1 heterocycles. The van der Waals surface area contributed by atoms with Gasteiger partial charge in [0.25, 0.3) is 0 Å². The number of benzene rings is 1. The van der Waals surface area contributed by atoms with E-state index >= 15 is 0 Å². The molecule has 0 unspecified atom stereocenters. The molecule has 0 bridgehead atoms. The molecule has 0 saturated carbocycles. The molecule has 3 nitrogen and oxygen atoms in total. The fourth-order valence-electron chi connectivity index (χ4n) is 1.58. The summed E-state index contributed by atoms with van der Waals surface area (Å²) >= 11 is 11.9. The van der Waals surface area contributed by atoms with Crippen molar-refractivity contribution in [2.75, 3.05) is 0 Å². The van der Waals surface area contributed by atoms with E-state index in [1.54, 1.807) is 36.7 Å². The largest absolute Gasteiger partial charge is 0.478 e. The summed E-state index contributed by atoms with van der Waals surface area (Å²) in [4.78, 5) is 15.3. The molecule has 5 heteroatoms. The highest BCUT2D eigenvalue weighted by Gasteiger charge is 2.14. The van der Waals surface area contributed by atoms with Crippen molar-refractivity contribution in [1.82, 2.24) is 4.98 Å². The second kappa shape index (κ2) is 5.87. The summed E-state index contributed by atoms with van der Waals surface area (Å²) in [6.07, 6.45) is 4.71. The molecule has 2 aromatic rings. The Bertz CT molecular complexity index is 639. The number of pyridine rings is 1. The lowest BCUT2D eigenvalue weighted by molar-refractivity contribution is -0.130. The zero-order valence-corrected chi connectivity index (χ0v) is 11.2. The number of aliphatic carboxylic acids is 1. The number of aromatic nitrogens is 1. The molecule has 1 N–H and O–H groups in total. The van der Waals surface area contributed by atoms with Crippen molar-refractivity contribution in [2.45, 2.75) is 0 Å². The van der Waals surface area contributed by atoms with E-state index in [2.05, 4.69) is 4.98 Å². The molecular formula is C14H9Cl2NO2. The Morgan fingerprint density at radius 1 is 1.16 bits per heavy atom. The van der Waals surface area contributed by atoms with Gasteiger partial charge >= 0.3 is 5.97 Å². The molecule has 0 fully saturated rings. The minimum Gasteiger partial charge on any atom is -0.478 e. The standard InChI is InChI=1S/C14H9Cl2NO2/c15-10-1-2-13(16)11(8-10)12(14(18)19)7-9-3-5-17-6-4-9/h1-8H,(H,18,19)/b12-7-. The summed E-state index contributed by atoms with van der Waals surface area (Å²) in [6.45, 7) is 0. The van der Waals surface area contributed by atoms with Crippen LogP contribution < -0.4 is 0 Å². The summed E-state index contributed by atoms with van der Waals surface area (Å²) in [5, 5.41) is 10.1. The molecule has 0 amide bonds. The molecule has 0 aliphatic carbocycles. The van der Waals surface area contributed by atoms with Gasteiger partial charge < -0.3 is 5.11 Å². The van der Waals surface area contributed by atoms with Gasteiger partial charge in [0.15, 0.2) is 0 Å². The monoisotopic (exact) mass is 293 g/mol. The van der Waals surface area contributed by atoms with Crippen LogP contribution in [0.2, 0.25) is 10.0 Å². The van der Waals surface area contributed by atoms with E-state index in [4.69, 9.17) is 23.2 Å². The maximum Gasteiger partial charge on any atom is 0.336 e. The van der Waals surface area contributed by atoms with E-state index in [1.165, 1.54) is 12.1 Å². The number of hydrogen-bond donors (Lipinski definition) is 1. The first-order valence-corrected chi connectivity index (χ1v) is 6.14. The molecule has 0 aliphatic rings. The Morgan fingerprint density at radius 2 is 1.84 bits per heavy atom. The van der Waals surface area contributed by atoms with E-state index in [0.717, 1.165) is 5.56 Å². The highest BCUT2D eigenvalue weighted by atomic mass is 35.5. The Balaban J connectivity index is 2.55. The molecule has 0 radical (unpaired) electrons. The highest BCUT2D eigenvalue weighted by molar-refractivity contribution is 6.37. The molecule has 2 rings (SSSR count). The van der Waals surface area contributed by atoms with E-state index in [9.17, 15) is 9.90 Å². The Hall–Kier alpha value is -1.84. The zero-order chi connectivity index (χ0) is 13.8. The predicted molar refractivity (Wildman–Crippen MR) is 76.2 cm³/mol. The minimum absolute atomic E-state index is 0.0821. The first-order chi connectivity index (χ1) is 9.08. The summed E-state index contributed by atoms with van der Waals surface area (Å²) in [6, 6.07) is 8.13. The second-order valence-electron chi connectivity index (χ2n) is 3.77. The van der Waals surface area contributed by atoms with Crippen LogP contribution in [-0.2, 0) is 4.79 Å². The summed E-state index contributed by atoms with van der Waals surface area (Å²) in [7, 11) is 0. The zero-order valence-electron chi connectivity index (χ0n) is 9.68. The van der Waals surface area contributed by atoms with Gasteiger partial charge in [-0.15, -0.1) is 0 Å². The van der Waals surface area contributed by atoms with Crippen LogP contribution in [0.15, 0.2) is 42.7 Å².